The van der Waals surface area contributed by atoms with E-state index in [-0.39, 0.29) is 5.56 Å². The number of methoxy groups -OCH3 is 1. The van der Waals surface area contributed by atoms with Gasteiger partial charge in [0.1, 0.15) is 5.75 Å². The normalized spacial score (nSPS) is 12.2. The summed E-state index contributed by atoms with van der Waals surface area (Å²) in [5, 5.41) is 0. The SMILES string of the molecule is COc1ccc(C(N)c2ccc(C)n(C)c2=O)cc1. The van der Waals surface area contributed by atoms with Crippen LogP contribution in [0.3, 0.4) is 0 Å². The number of pyridine rings is 1. The second-order valence-corrected chi connectivity index (χ2v) is 4.55. The maximum absolute atomic E-state index is 12.2. The Hall–Kier alpha value is -2.07. The molecule has 19 heavy (non-hydrogen) atoms. The first-order valence-corrected chi connectivity index (χ1v) is 6.10. The molecule has 2 aromatic rings. The van der Waals surface area contributed by atoms with Crippen LogP contribution >= 0.6 is 0 Å². The molecule has 1 aromatic carbocycles. The predicted octanol–water partition coefficient (Wildman–Crippen LogP) is 1.75. The second kappa shape index (κ2) is 5.28. The molecule has 1 heterocycles. The first-order chi connectivity index (χ1) is 9.04. The largest absolute Gasteiger partial charge is 0.497 e. The summed E-state index contributed by atoms with van der Waals surface area (Å²) in [7, 11) is 3.37. The molecule has 4 heteroatoms. The van der Waals surface area contributed by atoms with Gasteiger partial charge in [-0.05, 0) is 36.8 Å². The Morgan fingerprint density at radius 2 is 1.79 bits per heavy atom. The lowest BCUT2D eigenvalue weighted by atomic mass is 10.0. The Balaban J connectivity index is 2.41. The van der Waals surface area contributed by atoms with E-state index in [9.17, 15) is 4.79 Å². The van der Waals surface area contributed by atoms with E-state index in [1.54, 1.807) is 24.8 Å². The first-order valence-electron chi connectivity index (χ1n) is 6.10. The molecule has 0 saturated carbocycles. The Bertz CT molecular complexity index is 630. The lowest BCUT2D eigenvalue weighted by Crippen LogP contribution is -2.28. The van der Waals surface area contributed by atoms with Gasteiger partial charge in [0.2, 0.25) is 0 Å². The van der Waals surface area contributed by atoms with E-state index in [1.807, 2.05) is 37.3 Å². The van der Waals surface area contributed by atoms with Gasteiger partial charge in [0.05, 0.1) is 13.2 Å². The van der Waals surface area contributed by atoms with Crippen molar-refractivity contribution in [2.24, 2.45) is 12.8 Å². The van der Waals surface area contributed by atoms with Gasteiger partial charge < -0.3 is 15.0 Å². The molecule has 100 valence electrons. The molecule has 4 nitrogen and oxygen atoms in total. The molecule has 2 N–H and O–H groups in total. The zero-order valence-electron chi connectivity index (χ0n) is 11.4. The molecule has 1 unspecified atom stereocenters. The first kappa shape index (κ1) is 13.4. The molecule has 0 aliphatic carbocycles. The number of ether oxygens (including phenoxy) is 1. The number of hydrogen-bond donors (Lipinski definition) is 1. The van der Waals surface area contributed by atoms with Crippen molar-refractivity contribution in [3.8, 4) is 5.75 Å². The number of aromatic nitrogens is 1. The van der Waals surface area contributed by atoms with E-state index < -0.39 is 6.04 Å². The molecule has 0 aliphatic rings. The summed E-state index contributed by atoms with van der Waals surface area (Å²) >= 11 is 0. The van der Waals surface area contributed by atoms with Crippen molar-refractivity contribution >= 4 is 0 Å². The van der Waals surface area contributed by atoms with Crippen molar-refractivity contribution in [2.75, 3.05) is 7.11 Å². The predicted molar refractivity (Wildman–Crippen MR) is 75.4 cm³/mol. The van der Waals surface area contributed by atoms with Crippen LogP contribution in [-0.4, -0.2) is 11.7 Å². The maximum atomic E-state index is 12.2. The molecule has 1 aromatic heterocycles. The smallest absolute Gasteiger partial charge is 0.255 e. The number of benzene rings is 1. The minimum Gasteiger partial charge on any atom is -0.497 e. The summed E-state index contributed by atoms with van der Waals surface area (Å²) in [6.45, 7) is 1.89. The molecule has 0 radical (unpaired) electrons. The summed E-state index contributed by atoms with van der Waals surface area (Å²) in [6, 6.07) is 10.7. The van der Waals surface area contributed by atoms with Crippen molar-refractivity contribution in [1.82, 2.24) is 4.57 Å². The highest BCUT2D eigenvalue weighted by molar-refractivity contribution is 5.34. The lowest BCUT2D eigenvalue weighted by molar-refractivity contribution is 0.414. The topological polar surface area (TPSA) is 57.2 Å². The monoisotopic (exact) mass is 258 g/mol. The summed E-state index contributed by atoms with van der Waals surface area (Å²) in [5.41, 5.74) is 8.52. The van der Waals surface area contributed by atoms with Gasteiger partial charge >= 0.3 is 0 Å². The zero-order valence-corrected chi connectivity index (χ0v) is 11.4. The molecule has 0 amide bonds. The van der Waals surface area contributed by atoms with Gasteiger partial charge in [-0.2, -0.15) is 0 Å². The molecule has 0 saturated heterocycles. The van der Waals surface area contributed by atoms with E-state index in [0.717, 1.165) is 17.0 Å². The van der Waals surface area contributed by atoms with Crippen LogP contribution in [0, 0.1) is 6.92 Å². The van der Waals surface area contributed by atoms with Crippen LogP contribution in [0.25, 0.3) is 0 Å². The van der Waals surface area contributed by atoms with Gasteiger partial charge in [-0.25, -0.2) is 0 Å². The third kappa shape index (κ3) is 2.53. The molecule has 1 atom stereocenters. The van der Waals surface area contributed by atoms with Gasteiger partial charge in [0, 0.05) is 18.3 Å². The average molecular weight is 258 g/mol. The highest BCUT2D eigenvalue weighted by Crippen LogP contribution is 2.20. The second-order valence-electron chi connectivity index (χ2n) is 4.55. The van der Waals surface area contributed by atoms with Gasteiger partial charge in [0.15, 0.2) is 0 Å². The van der Waals surface area contributed by atoms with Gasteiger partial charge in [-0.1, -0.05) is 12.1 Å². The number of rotatable bonds is 3. The van der Waals surface area contributed by atoms with Crippen LogP contribution in [0.4, 0.5) is 0 Å². The minimum absolute atomic E-state index is 0.0525. The molecular weight excluding hydrogens is 240 g/mol. The lowest BCUT2D eigenvalue weighted by Gasteiger charge is -2.14. The van der Waals surface area contributed by atoms with Crippen LogP contribution in [0.5, 0.6) is 5.75 Å². The summed E-state index contributed by atoms with van der Waals surface area (Å²) in [6.07, 6.45) is 0. The van der Waals surface area contributed by atoms with Crippen molar-refractivity contribution in [1.29, 1.82) is 0 Å². The van der Waals surface area contributed by atoms with Crippen molar-refractivity contribution in [3.63, 3.8) is 0 Å². The minimum atomic E-state index is -0.426. The van der Waals surface area contributed by atoms with Crippen LogP contribution in [0.2, 0.25) is 0 Å². The fourth-order valence-corrected chi connectivity index (χ4v) is 1.97. The molecule has 2 rings (SSSR count). The van der Waals surface area contributed by atoms with Crippen LogP contribution in [0.1, 0.15) is 22.9 Å². The van der Waals surface area contributed by atoms with Gasteiger partial charge in [-0.3, -0.25) is 4.79 Å². The fraction of sp³-hybridized carbons (Fsp3) is 0.267. The Kier molecular flexibility index (Phi) is 3.71. The van der Waals surface area contributed by atoms with Gasteiger partial charge in [-0.15, -0.1) is 0 Å². The molecule has 0 bridgehead atoms. The quantitative estimate of drug-likeness (QED) is 0.912. The molecule has 0 aliphatic heterocycles. The number of hydrogen-bond acceptors (Lipinski definition) is 3. The van der Waals surface area contributed by atoms with Crippen LogP contribution < -0.4 is 16.0 Å². The molecular formula is C15H18N2O2. The van der Waals surface area contributed by atoms with E-state index >= 15 is 0 Å². The Labute approximate surface area is 112 Å². The van der Waals surface area contributed by atoms with Gasteiger partial charge in [0.25, 0.3) is 5.56 Å². The van der Waals surface area contributed by atoms with E-state index in [0.29, 0.717) is 5.56 Å². The number of nitrogens with two attached hydrogens (primary N) is 1. The van der Waals surface area contributed by atoms with Crippen molar-refractivity contribution in [3.05, 3.63) is 63.6 Å². The van der Waals surface area contributed by atoms with Crippen molar-refractivity contribution in [2.45, 2.75) is 13.0 Å². The average Bonchev–Trinajstić information content (AvgIpc) is 2.44. The summed E-state index contributed by atoms with van der Waals surface area (Å²) in [4.78, 5) is 12.2. The highest BCUT2D eigenvalue weighted by Gasteiger charge is 2.14. The number of nitrogens with zero attached hydrogens (tertiary/aromatic N) is 1. The van der Waals surface area contributed by atoms with Crippen LogP contribution in [-0.2, 0) is 7.05 Å². The third-order valence-electron chi connectivity index (χ3n) is 3.39. The summed E-state index contributed by atoms with van der Waals surface area (Å²) < 4.78 is 6.72. The Morgan fingerprint density at radius 3 is 2.37 bits per heavy atom. The zero-order chi connectivity index (χ0) is 14.0. The van der Waals surface area contributed by atoms with Crippen molar-refractivity contribution < 1.29 is 4.74 Å². The summed E-state index contributed by atoms with van der Waals surface area (Å²) in [5.74, 6) is 0.771. The fourth-order valence-electron chi connectivity index (χ4n) is 1.97. The van der Waals surface area contributed by atoms with E-state index in [2.05, 4.69) is 0 Å². The molecule has 0 fully saturated rings. The van der Waals surface area contributed by atoms with E-state index in [1.165, 1.54) is 0 Å². The van der Waals surface area contributed by atoms with Crippen LogP contribution in [0.15, 0.2) is 41.2 Å². The number of aryl methyl sites for hydroxylation is 1. The Morgan fingerprint density at radius 1 is 1.16 bits per heavy atom. The van der Waals surface area contributed by atoms with E-state index in [4.69, 9.17) is 10.5 Å². The molecule has 0 spiro atoms. The maximum Gasteiger partial charge on any atom is 0.255 e. The third-order valence-corrected chi connectivity index (χ3v) is 3.39. The standard InChI is InChI=1S/C15H18N2O2/c1-10-4-9-13(15(18)17(10)2)14(16)11-5-7-12(19-3)8-6-11/h4-9,14H,16H2,1-3H3. The highest BCUT2D eigenvalue weighted by atomic mass is 16.5.